The van der Waals surface area contributed by atoms with Gasteiger partial charge in [-0.1, -0.05) is 0 Å². The van der Waals surface area contributed by atoms with E-state index < -0.39 is 27.0 Å². The molecule has 0 aromatic heterocycles. The Bertz CT molecular complexity index is 2110. The van der Waals surface area contributed by atoms with Gasteiger partial charge in [0.15, 0.2) is 0 Å². The Morgan fingerprint density at radius 2 is 0.483 bits per heavy atom. The normalized spacial score (nSPS) is 11.4. The van der Waals surface area contributed by atoms with Gasteiger partial charge in [-0.25, -0.2) is 0 Å². The van der Waals surface area contributed by atoms with E-state index in [1.165, 1.54) is 48.9 Å². The van der Waals surface area contributed by atoms with Crippen molar-refractivity contribution in [2.75, 3.05) is 36.7 Å². The number of rotatable bonds is 14. The van der Waals surface area contributed by atoms with Crippen molar-refractivity contribution in [1.82, 2.24) is 9.80 Å². The second-order valence-corrected chi connectivity index (χ2v) is 30.3. The van der Waals surface area contributed by atoms with Crippen LogP contribution in [-0.2, 0) is 13.1 Å². The molecule has 60 heavy (non-hydrogen) atoms. The first-order valence-corrected chi connectivity index (χ1v) is 29.1. The van der Waals surface area contributed by atoms with Crippen LogP contribution in [0.2, 0.25) is 0 Å². The third kappa shape index (κ3) is 9.86. The number of benzene rings is 8. The number of anilines is 2. The molecule has 8 rings (SSSR count). The molecule has 0 bridgehead atoms. The summed E-state index contributed by atoms with van der Waals surface area (Å²) in [4.78, 5) is 4.45. The Morgan fingerprint density at radius 3 is 0.700 bits per heavy atom. The molecule has 0 heterocycles. The van der Waals surface area contributed by atoms with E-state index in [2.05, 4.69) is 277 Å². The van der Waals surface area contributed by atoms with E-state index in [-0.39, 0.29) is 0 Å². The maximum atomic E-state index is 4.18. The van der Waals surface area contributed by atoms with Crippen molar-refractivity contribution < 1.29 is 0 Å². The average Bonchev–Trinajstić information content (AvgIpc) is 3.30. The van der Waals surface area contributed by atoms with Gasteiger partial charge in [-0.2, -0.15) is 0 Å². The molecule has 8 aromatic carbocycles. The summed E-state index contributed by atoms with van der Waals surface area (Å²) < 4.78 is 16.7. The first-order chi connectivity index (χ1) is 29.4. The molecule has 0 amide bonds. The molecule has 0 saturated heterocycles. The fourth-order valence-electron chi connectivity index (χ4n) is 8.21. The van der Waals surface area contributed by atoms with Crippen molar-refractivity contribution in [3.8, 4) is 0 Å². The molecule has 0 saturated carbocycles. The summed E-state index contributed by atoms with van der Waals surface area (Å²) in [5.74, 6) is 0. The first kappa shape index (κ1) is 42.5. The van der Waals surface area contributed by atoms with Crippen molar-refractivity contribution in [3.63, 3.8) is 0 Å². The van der Waals surface area contributed by atoms with E-state index in [9.17, 15) is 0 Å². The molecule has 0 atom stereocenters. The van der Waals surface area contributed by atoms with Crippen molar-refractivity contribution in [1.29, 1.82) is 0 Å². The molecular formula is C54H56Ge2N4. The van der Waals surface area contributed by atoms with Crippen LogP contribution in [0.4, 0.5) is 11.4 Å². The number of nitrogens with one attached hydrogen (secondary N) is 2. The molecular weight excluding hydrogens is 850 g/mol. The molecule has 0 unspecified atom stereocenters. The summed E-state index contributed by atoms with van der Waals surface area (Å²) in [6, 6.07) is 83.5. The summed E-state index contributed by atoms with van der Waals surface area (Å²) >= 11 is -6.44. The van der Waals surface area contributed by atoms with Gasteiger partial charge in [0, 0.05) is 0 Å². The van der Waals surface area contributed by atoms with E-state index in [0.29, 0.717) is 0 Å². The minimum atomic E-state index is -3.22. The van der Waals surface area contributed by atoms with Crippen LogP contribution in [0.1, 0.15) is 11.1 Å². The third-order valence-corrected chi connectivity index (χ3v) is 28.7. The molecule has 2 N–H and O–H groups in total. The number of para-hydroxylation sites is 2. The molecule has 0 aliphatic rings. The Labute approximate surface area is 363 Å². The molecule has 0 radical (unpaired) electrons. The average molecular weight is 906 g/mol. The second kappa shape index (κ2) is 20.6. The molecule has 0 aliphatic carbocycles. The number of hydrogen-bond acceptors (Lipinski definition) is 4. The van der Waals surface area contributed by atoms with Crippen LogP contribution >= 0.6 is 0 Å². The van der Waals surface area contributed by atoms with Gasteiger partial charge in [-0.3, -0.25) is 0 Å². The van der Waals surface area contributed by atoms with E-state index >= 15 is 0 Å². The second-order valence-electron chi connectivity index (χ2n) is 15.7. The molecule has 4 nitrogen and oxygen atoms in total. The van der Waals surface area contributed by atoms with Crippen molar-refractivity contribution >= 4 is 64.7 Å². The van der Waals surface area contributed by atoms with E-state index in [0.717, 1.165) is 13.1 Å². The van der Waals surface area contributed by atoms with Crippen molar-refractivity contribution in [2.45, 2.75) is 13.1 Å². The van der Waals surface area contributed by atoms with Gasteiger partial charge in [-0.05, 0) is 0 Å². The standard InChI is InChI=1S/2C27H28GeN2/c2*1-30(2)22-23-14-12-13-21-27(23)29-28(24-15-6-3-7-16-24,25-17-8-4-9-18-25)26-19-10-5-11-20-26/h2*3-21,29H,22H2,1-2H3. The first-order valence-electron chi connectivity index (χ1n) is 20.7. The van der Waals surface area contributed by atoms with Crippen molar-refractivity contribution in [2.24, 2.45) is 0 Å². The summed E-state index contributed by atoms with van der Waals surface area (Å²) in [7, 11) is 8.49. The van der Waals surface area contributed by atoms with E-state index in [4.69, 9.17) is 0 Å². The predicted octanol–water partition coefficient (Wildman–Crippen LogP) is 7.65. The number of hydrogen-bond donors (Lipinski definition) is 2. The van der Waals surface area contributed by atoms with Gasteiger partial charge in [0.05, 0.1) is 0 Å². The molecule has 0 fully saturated rings. The minimum absolute atomic E-state index is 0.903. The van der Waals surface area contributed by atoms with Gasteiger partial charge < -0.3 is 0 Å². The van der Waals surface area contributed by atoms with Crippen LogP contribution in [0, 0.1) is 0 Å². The Kier molecular flexibility index (Phi) is 14.6. The monoisotopic (exact) mass is 908 g/mol. The Morgan fingerprint density at radius 1 is 0.283 bits per heavy atom. The maximum absolute atomic E-state index is 4.18. The molecule has 300 valence electrons. The molecule has 0 aliphatic heterocycles. The summed E-state index contributed by atoms with van der Waals surface area (Å²) in [5.41, 5.74) is 5.09. The van der Waals surface area contributed by atoms with Crippen LogP contribution in [0.15, 0.2) is 231 Å². The van der Waals surface area contributed by atoms with Crippen LogP contribution in [0.5, 0.6) is 0 Å². The van der Waals surface area contributed by atoms with Crippen molar-refractivity contribution in [3.05, 3.63) is 242 Å². The molecule has 0 spiro atoms. The van der Waals surface area contributed by atoms with E-state index in [1.54, 1.807) is 0 Å². The van der Waals surface area contributed by atoms with Gasteiger partial charge in [-0.15, -0.1) is 0 Å². The summed E-state index contributed by atoms with van der Waals surface area (Å²) in [5, 5.41) is 0. The fourth-order valence-corrected chi connectivity index (χ4v) is 25.7. The molecule has 8 aromatic rings. The zero-order chi connectivity index (χ0) is 41.6. The number of nitrogens with zero attached hydrogens (tertiary/aromatic N) is 2. The third-order valence-electron chi connectivity index (χ3n) is 10.9. The van der Waals surface area contributed by atoms with Gasteiger partial charge in [0.1, 0.15) is 0 Å². The molecule has 6 heteroatoms. The SMILES string of the molecule is CN(C)Cc1ccccc1[NH][Ge]([c]1ccccc1)([c]1ccccc1)[c]1ccccc1.CN(C)Cc1ccccc1[NH][Ge]([c]1ccccc1)([c]1ccccc1)[c]1ccccc1. The quantitative estimate of drug-likeness (QED) is 0.110. The topological polar surface area (TPSA) is 30.5 Å². The van der Waals surface area contributed by atoms with Crippen LogP contribution in [0.3, 0.4) is 0 Å². The predicted molar refractivity (Wildman–Crippen MR) is 263 cm³/mol. The zero-order valence-corrected chi connectivity index (χ0v) is 39.4. The van der Waals surface area contributed by atoms with Gasteiger partial charge in [0.2, 0.25) is 0 Å². The van der Waals surface area contributed by atoms with Gasteiger partial charge in [0.25, 0.3) is 0 Å². The zero-order valence-electron chi connectivity index (χ0n) is 35.2. The summed E-state index contributed by atoms with van der Waals surface area (Å²) in [6.07, 6.45) is 0. The van der Waals surface area contributed by atoms with Crippen LogP contribution in [-0.4, -0.2) is 65.0 Å². The van der Waals surface area contributed by atoms with E-state index in [1.807, 2.05) is 0 Å². The fraction of sp³-hybridized carbons (Fsp3) is 0.111. The van der Waals surface area contributed by atoms with Crippen LogP contribution in [0.25, 0.3) is 0 Å². The van der Waals surface area contributed by atoms with Gasteiger partial charge >= 0.3 is 366 Å². The Balaban J connectivity index is 0.000000181. The van der Waals surface area contributed by atoms with Crippen LogP contribution < -0.4 is 34.9 Å². The Hall–Kier alpha value is -5.63. The summed E-state index contributed by atoms with van der Waals surface area (Å²) in [6.45, 7) is 1.81.